The van der Waals surface area contributed by atoms with E-state index < -0.39 is 0 Å². The molecule has 3 aromatic rings. The number of benzene rings is 2. The molecular weight excluding hydrogens is 376 g/mol. The van der Waals surface area contributed by atoms with Crippen molar-refractivity contribution in [2.75, 3.05) is 5.32 Å². The van der Waals surface area contributed by atoms with Crippen LogP contribution in [0, 0.1) is 6.92 Å². The molecular formula is C17H13BrN2O2S. The number of rotatable bonds is 4. The van der Waals surface area contributed by atoms with Crippen molar-refractivity contribution >= 4 is 39.3 Å². The number of nitrogens with zero attached hydrogens (tertiary/aromatic N) is 1. The molecule has 1 N–H and O–H groups in total. The largest absolute Gasteiger partial charge is 0.351 e. The summed E-state index contributed by atoms with van der Waals surface area (Å²) < 4.78 is 6.00. The van der Waals surface area contributed by atoms with Gasteiger partial charge in [-0.25, -0.2) is 0 Å². The van der Waals surface area contributed by atoms with Gasteiger partial charge in [-0.1, -0.05) is 32.8 Å². The molecule has 23 heavy (non-hydrogen) atoms. The quantitative estimate of drug-likeness (QED) is 0.671. The number of amides is 1. The maximum absolute atomic E-state index is 12.0. The van der Waals surface area contributed by atoms with Crippen LogP contribution in [0.4, 0.5) is 5.69 Å². The normalized spacial score (nSPS) is 10.5. The van der Waals surface area contributed by atoms with E-state index in [0.717, 1.165) is 14.3 Å². The van der Waals surface area contributed by atoms with E-state index in [1.165, 1.54) is 0 Å². The molecule has 1 amide bonds. The van der Waals surface area contributed by atoms with Gasteiger partial charge in [-0.05, 0) is 55.5 Å². The number of carbonyl (C=O) groups is 1. The Morgan fingerprint density at radius 3 is 2.26 bits per heavy atom. The first kappa shape index (κ1) is 15.8. The van der Waals surface area contributed by atoms with Gasteiger partial charge in [0, 0.05) is 26.0 Å². The Kier molecular flexibility index (Phi) is 4.83. The number of halogens is 1. The molecule has 0 unspecified atom stereocenters. The maximum Gasteiger partial charge on any atom is 0.294 e. The van der Waals surface area contributed by atoms with Crippen molar-refractivity contribution in [3.8, 4) is 0 Å². The number of anilines is 1. The summed E-state index contributed by atoms with van der Waals surface area (Å²) in [6, 6.07) is 17.4. The third-order valence-electron chi connectivity index (χ3n) is 3.01. The molecule has 116 valence electrons. The zero-order chi connectivity index (χ0) is 16.2. The van der Waals surface area contributed by atoms with Crippen molar-refractivity contribution in [1.82, 2.24) is 5.16 Å². The smallest absolute Gasteiger partial charge is 0.294 e. The van der Waals surface area contributed by atoms with Crippen LogP contribution in [-0.4, -0.2) is 11.1 Å². The number of aromatic nitrogens is 1. The standard InChI is InChI=1S/C17H13BrN2O2S/c1-11-10-16(22-20-11)17(21)19-13-4-8-15(9-5-13)23-14-6-2-12(18)3-7-14/h2-10H,1H3,(H,19,21). The van der Waals surface area contributed by atoms with E-state index in [1.54, 1.807) is 24.8 Å². The van der Waals surface area contributed by atoms with Crippen molar-refractivity contribution < 1.29 is 9.32 Å². The molecule has 0 aliphatic rings. The summed E-state index contributed by atoms with van der Waals surface area (Å²) in [7, 11) is 0. The number of carbonyl (C=O) groups excluding carboxylic acids is 1. The minimum atomic E-state index is -0.307. The van der Waals surface area contributed by atoms with Gasteiger partial charge in [0.15, 0.2) is 0 Å². The van der Waals surface area contributed by atoms with Crippen LogP contribution < -0.4 is 5.32 Å². The third kappa shape index (κ3) is 4.24. The highest BCUT2D eigenvalue weighted by Crippen LogP contribution is 2.29. The highest BCUT2D eigenvalue weighted by Gasteiger charge is 2.11. The summed E-state index contributed by atoms with van der Waals surface area (Å²) in [4.78, 5) is 14.2. The lowest BCUT2D eigenvalue weighted by Gasteiger charge is -2.05. The molecule has 1 aromatic heterocycles. The molecule has 0 aliphatic heterocycles. The molecule has 0 saturated heterocycles. The van der Waals surface area contributed by atoms with E-state index in [-0.39, 0.29) is 11.7 Å². The number of aryl methyl sites for hydroxylation is 1. The second kappa shape index (κ2) is 7.02. The Morgan fingerprint density at radius 2 is 1.70 bits per heavy atom. The van der Waals surface area contributed by atoms with Crippen LogP contribution in [0.3, 0.4) is 0 Å². The molecule has 0 fully saturated rings. The molecule has 3 rings (SSSR count). The summed E-state index contributed by atoms with van der Waals surface area (Å²) in [6.45, 7) is 1.77. The maximum atomic E-state index is 12.0. The second-order valence-electron chi connectivity index (χ2n) is 4.87. The first-order chi connectivity index (χ1) is 11.1. The minimum Gasteiger partial charge on any atom is -0.351 e. The van der Waals surface area contributed by atoms with Crippen LogP contribution in [0.1, 0.15) is 16.2 Å². The topological polar surface area (TPSA) is 55.1 Å². The Hall–Kier alpha value is -2.05. The van der Waals surface area contributed by atoms with Crippen molar-refractivity contribution in [1.29, 1.82) is 0 Å². The highest BCUT2D eigenvalue weighted by atomic mass is 79.9. The summed E-state index contributed by atoms with van der Waals surface area (Å²) >= 11 is 5.08. The van der Waals surface area contributed by atoms with Crippen molar-refractivity contribution in [3.05, 3.63) is 70.5 Å². The fraction of sp³-hybridized carbons (Fsp3) is 0.0588. The Bertz CT molecular complexity index is 813. The number of hydrogen-bond acceptors (Lipinski definition) is 4. The molecule has 0 bridgehead atoms. The minimum absolute atomic E-state index is 0.204. The average Bonchev–Trinajstić information content (AvgIpc) is 2.98. The van der Waals surface area contributed by atoms with Crippen molar-refractivity contribution in [2.24, 2.45) is 0 Å². The Morgan fingerprint density at radius 1 is 1.09 bits per heavy atom. The van der Waals surface area contributed by atoms with Gasteiger partial charge < -0.3 is 9.84 Å². The second-order valence-corrected chi connectivity index (χ2v) is 6.93. The lowest BCUT2D eigenvalue weighted by atomic mass is 10.3. The van der Waals surface area contributed by atoms with Crippen LogP contribution in [0.2, 0.25) is 0 Å². The Balaban J connectivity index is 1.65. The monoisotopic (exact) mass is 388 g/mol. The molecule has 4 nitrogen and oxygen atoms in total. The van der Waals surface area contributed by atoms with Crippen LogP contribution in [0.5, 0.6) is 0 Å². The van der Waals surface area contributed by atoms with Crippen LogP contribution in [0.25, 0.3) is 0 Å². The molecule has 6 heteroatoms. The predicted octanol–water partition coefficient (Wildman–Crippen LogP) is 5.15. The van der Waals surface area contributed by atoms with Crippen molar-refractivity contribution in [3.63, 3.8) is 0 Å². The SMILES string of the molecule is Cc1cc(C(=O)Nc2ccc(Sc3ccc(Br)cc3)cc2)on1. The van der Waals surface area contributed by atoms with E-state index in [4.69, 9.17) is 4.52 Å². The lowest BCUT2D eigenvalue weighted by Crippen LogP contribution is -2.10. The van der Waals surface area contributed by atoms with Gasteiger partial charge in [-0.2, -0.15) is 0 Å². The van der Waals surface area contributed by atoms with Gasteiger partial charge in [0.25, 0.3) is 5.91 Å². The van der Waals surface area contributed by atoms with Gasteiger partial charge in [0.1, 0.15) is 0 Å². The van der Waals surface area contributed by atoms with Crippen LogP contribution in [0.15, 0.2) is 73.4 Å². The first-order valence-corrected chi connectivity index (χ1v) is 8.49. The molecule has 0 aliphatic carbocycles. The fourth-order valence-electron chi connectivity index (χ4n) is 1.91. The third-order valence-corrected chi connectivity index (χ3v) is 4.56. The van der Waals surface area contributed by atoms with E-state index in [1.807, 2.05) is 36.4 Å². The van der Waals surface area contributed by atoms with Crippen LogP contribution >= 0.6 is 27.7 Å². The molecule has 0 saturated carbocycles. The number of hydrogen-bond donors (Lipinski definition) is 1. The first-order valence-electron chi connectivity index (χ1n) is 6.88. The van der Waals surface area contributed by atoms with E-state index in [2.05, 4.69) is 38.5 Å². The van der Waals surface area contributed by atoms with Gasteiger partial charge in [-0.3, -0.25) is 4.79 Å². The van der Waals surface area contributed by atoms with E-state index >= 15 is 0 Å². The summed E-state index contributed by atoms with van der Waals surface area (Å²) in [5.41, 5.74) is 1.39. The summed E-state index contributed by atoms with van der Waals surface area (Å²) in [5, 5.41) is 6.49. The van der Waals surface area contributed by atoms with E-state index in [0.29, 0.717) is 11.4 Å². The summed E-state index contributed by atoms with van der Waals surface area (Å²) in [5.74, 6) is -0.102. The Labute approximate surface area is 146 Å². The molecule has 1 heterocycles. The van der Waals surface area contributed by atoms with E-state index in [9.17, 15) is 4.79 Å². The zero-order valence-corrected chi connectivity index (χ0v) is 14.6. The van der Waals surface area contributed by atoms with Gasteiger partial charge in [0.2, 0.25) is 5.76 Å². The highest BCUT2D eigenvalue weighted by molar-refractivity contribution is 9.10. The van der Waals surface area contributed by atoms with Gasteiger partial charge in [0.05, 0.1) is 5.69 Å². The molecule has 0 atom stereocenters. The van der Waals surface area contributed by atoms with Gasteiger partial charge in [-0.15, -0.1) is 0 Å². The fourth-order valence-corrected chi connectivity index (χ4v) is 2.99. The average molecular weight is 389 g/mol. The molecule has 0 radical (unpaired) electrons. The van der Waals surface area contributed by atoms with Gasteiger partial charge >= 0.3 is 0 Å². The number of nitrogens with one attached hydrogen (secondary N) is 1. The van der Waals surface area contributed by atoms with Crippen LogP contribution in [-0.2, 0) is 0 Å². The predicted molar refractivity (Wildman–Crippen MR) is 93.9 cm³/mol. The lowest BCUT2D eigenvalue weighted by molar-refractivity contribution is 0.0988. The molecule has 0 spiro atoms. The molecule has 2 aromatic carbocycles. The zero-order valence-electron chi connectivity index (χ0n) is 12.2. The van der Waals surface area contributed by atoms with Crippen molar-refractivity contribution in [2.45, 2.75) is 16.7 Å². The summed E-state index contributed by atoms with van der Waals surface area (Å²) in [6.07, 6.45) is 0.